The van der Waals surface area contributed by atoms with Crippen LogP contribution in [-0.2, 0) is 4.79 Å². The predicted molar refractivity (Wildman–Crippen MR) is 64.8 cm³/mol. The van der Waals surface area contributed by atoms with Crippen LogP contribution in [0, 0.1) is 11.8 Å². The van der Waals surface area contributed by atoms with E-state index < -0.39 is 12.0 Å². The van der Waals surface area contributed by atoms with E-state index in [0.29, 0.717) is 5.92 Å². The number of amides is 2. The summed E-state index contributed by atoms with van der Waals surface area (Å²) in [5, 5.41) is 11.5. The second-order valence-corrected chi connectivity index (χ2v) is 5.19. The SMILES string of the molecule is CC(C)[C@@H](NC(=O)N(C)CC1CCC1)C(=O)O. The highest BCUT2D eigenvalue weighted by Crippen LogP contribution is 2.26. The van der Waals surface area contributed by atoms with Crippen molar-refractivity contribution in [2.24, 2.45) is 11.8 Å². The molecule has 0 heterocycles. The van der Waals surface area contributed by atoms with Crippen molar-refractivity contribution in [2.75, 3.05) is 13.6 Å². The zero-order valence-electron chi connectivity index (χ0n) is 10.8. The molecule has 2 N–H and O–H groups in total. The average Bonchev–Trinajstić information content (AvgIpc) is 2.18. The van der Waals surface area contributed by atoms with Crippen molar-refractivity contribution in [1.82, 2.24) is 10.2 Å². The highest BCUT2D eigenvalue weighted by Gasteiger charge is 2.26. The van der Waals surface area contributed by atoms with Gasteiger partial charge in [0.25, 0.3) is 0 Å². The smallest absolute Gasteiger partial charge is 0.326 e. The number of urea groups is 1. The number of aliphatic carboxylic acids is 1. The van der Waals surface area contributed by atoms with Crippen LogP contribution in [0.4, 0.5) is 4.79 Å². The minimum Gasteiger partial charge on any atom is -0.480 e. The first-order valence-electron chi connectivity index (χ1n) is 6.16. The molecule has 0 aromatic rings. The van der Waals surface area contributed by atoms with E-state index in [2.05, 4.69) is 5.32 Å². The Morgan fingerprint density at radius 3 is 2.35 bits per heavy atom. The minimum absolute atomic E-state index is 0.117. The van der Waals surface area contributed by atoms with Crippen molar-refractivity contribution >= 4 is 12.0 Å². The summed E-state index contributed by atoms with van der Waals surface area (Å²) < 4.78 is 0. The van der Waals surface area contributed by atoms with Gasteiger partial charge in [0.2, 0.25) is 0 Å². The lowest BCUT2D eigenvalue weighted by Gasteiger charge is -2.31. The summed E-state index contributed by atoms with van der Waals surface area (Å²) in [5.74, 6) is -0.507. The number of carbonyl (C=O) groups is 2. The molecule has 0 aromatic heterocycles. The van der Waals surface area contributed by atoms with Crippen LogP contribution in [0.15, 0.2) is 0 Å². The molecule has 1 fully saturated rings. The van der Waals surface area contributed by atoms with Crippen LogP contribution < -0.4 is 5.32 Å². The van der Waals surface area contributed by atoms with E-state index in [-0.39, 0.29) is 11.9 Å². The zero-order chi connectivity index (χ0) is 13.0. The molecule has 17 heavy (non-hydrogen) atoms. The summed E-state index contributed by atoms with van der Waals surface area (Å²) >= 11 is 0. The van der Waals surface area contributed by atoms with E-state index in [1.165, 1.54) is 19.3 Å². The summed E-state index contributed by atoms with van der Waals surface area (Å²) in [6.07, 6.45) is 3.58. The van der Waals surface area contributed by atoms with Crippen molar-refractivity contribution in [3.8, 4) is 0 Å². The lowest BCUT2D eigenvalue weighted by molar-refractivity contribution is -0.140. The van der Waals surface area contributed by atoms with Gasteiger partial charge >= 0.3 is 12.0 Å². The second kappa shape index (κ2) is 5.89. The molecule has 1 rings (SSSR count). The number of rotatable bonds is 5. The minimum atomic E-state index is -0.981. The lowest BCUT2D eigenvalue weighted by atomic mass is 9.85. The third-order valence-electron chi connectivity index (χ3n) is 3.32. The van der Waals surface area contributed by atoms with Crippen molar-refractivity contribution in [3.63, 3.8) is 0 Å². The molecule has 0 spiro atoms. The molecule has 0 aliphatic heterocycles. The van der Waals surface area contributed by atoms with Crippen LogP contribution in [0.5, 0.6) is 0 Å². The van der Waals surface area contributed by atoms with Crippen LogP contribution in [0.3, 0.4) is 0 Å². The first kappa shape index (κ1) is 13.8. The first-order chi connectivity index (χ1) is 7.91. The fourth-order valence-corrected chi connectivity index (χ4v) is 1.90. The molecule has 5 nitrogen and oxygen atoms in total. The number of carboxylic acids is 1. The quantitative estimate of drug-likeness (QED) is 0.768. The Hall–Kier alpha value is -1.26. The van der Waals surface area contributed by atoms with Gasteiger partial charge in [-0.25, -0.2) is 9.59 Å². The van der Waals surface area contributed by atoms with E-state index in [9.17, 15) is 9.59 Å². The van der Waals surface area contributed by atoms with E-state index in [0.717, 1.165) is 6.54 Å². The van der Waals surface area contributed by atoms with Crippen LogP contribution in [0.2, 0.25) is 0 Å². The van der Waals surface area contributed by atoms with Gasteiger partial charge < -0.3 is 15.3 Å². The maximum Gasteiger partial charge on any atom is 0.326 e. The summed E-state index contributed by atoms with van der Waals surface area (Å²) in [5.41, 5.74) is 0. The Kier molecular flexibility index (Phi) is 4.78. The van der Waals surface area contributed by atoms with Crippen molar-refractivity contribution in [3.05, 3.63) is 0 Å². The van der Waals surface area contributed by atoms with Gasteiger partial charge in [0.15, 0.2) is 0 Å². The van der Waals surface area contributed by atoms with E-state index >= 15 is 0 Å². The molecule has 98 valence electrons. The number of carboxylic acid groups (broad SMARTS) is 1. The molecule has 0 radical (unpaired) electrons. The molecule has 2 amide bonds. The third-order valence-corrected chi connectivity index (χ3v) is 3.32. The summed E-state index contributed by atoms with van der Waals surface area (Å²) in [6, 6.07) is -1.11. The largest absolute Gasteiger partial charge is 0.480 e. The van der Waals surface area contributed by atoms with Crippen LogP contribution in [0.25, 0.3) is 0 Å². The van der Waals surface area contributed by atoms with E-state index in [4.69, 9.17) is 5.11 Å². The normalized spacial score (nSPS) is 17.4. The predicted octanol–water partition coefficient (Wildman–Crippen LogP) is 1.54. The first-order valence-corrected chi connectivity index (χ1v) is 6.16. The molecule has 5 heteroatoms. The van der Waals surface area contributed by atoms with Gasteiger partial charge in [-0.2, -0.15) is 0 Å². The molecule has 1 aliphatic carbocycles. The van der Waals surface area contributed by atoms with Gasteiger partial charge in [0.1, 0.15) is 6.04 Å². The zero-order valence-corrected chi connectivity index (χ0v) is 10.8. The molecule has 0 bridgehead atoms. The third kappa shape index (κ3) is 3.91. The number of nitrogens with one attached hydrogen (secondary N) is 1. The van der Waals surface area contributed by atoms with Crippen LogP contribution in [0.1, 0.15) is 33.1 Å². The van der Waals surface area contributed by atoms with Gasteiger partial charge in [0.05, 0.1) is 0 Å². The fraction of sp³-hybridized carbons (Fsp3) is 0.833. The summed E-state index contributed by atoms with van der Waals surface area (Å²) in [7, 11) is 1.72. The monoisotopic (exact) mass is 242 g/mol. The molecule has 1 aliphatic rings. The molecule has 1 saturated carbocycles. The molecule has 0 saturated heterocycles. The van der Waals surface area contributed by atoms with Crippen molar-refractivity contribution < 1.29 is 14.7 Å². The average molecular weight is 242 g/mol. The molecule has 0 aromatic carbocycles. The second-order valence-electron chi connectivity index (χ2n) is 5.19. The summed E-state index contributed by atoms with van der Waals surface area (Å²) in [4.78, 5) is 24.3. The maximum atomic E-state index is 11.8. The van der Waals surface area contributed by atoms with E-state index in [1.54, 1.807) is 25.8 Å². The van der Waals surface area contributed by atoms with Gasteiger partial charge in [-0.3, -0.25) is 0 Å². The number of carbonyl (C=O) groups excluding carboxylic acids is 1. The lowest BCUT2D eigenvalue weighted by Crippen LogP contribution is -2.50. The van der Waals surface area contributed by atoms with Crippen LogP contribution in [-0.4, -0.2) is 41.6 Å². The maximum absolute atomic E-state index is 11.8. The standard InChI is InChI=1S/C12H22N2O3/c1-8(2)10(11(15)16)13-12(17)14(3)7-9-5-4-6-9/h8-10H,4-7H2,1-3H3,(H,13,17)(H,15,16)/t10-/m1/s1. The Morgan fingerprint density at radius 1 is 1.41 bits per heavy atom. The fourth-order valence-electron chi connectivity index (χ4n) is 1.90. The number of hydrogen-bond acceptors (Lipinski definition) is 2. The molecular weight excluding hydrogens is 220 g/mol. The molecule has 0 unspecified atom stereocenters. The Bertz CT molecular complexity index is 287. The highest BCUT2D eigenvalue weighted by atomic mass is 16.4. The van der Waals surface area contributed by atoms with Gasteiger partial charge in [0, 0.05) is 13.6 Å². The Labute approximate surface area is 102 Å². The number of hydrogen-bond donors (Lipinski definition) is 2. The highest BCUT2D eigenvalue weighted by molar-refractivity contribution is 5.82. The van der Waals surface area contributed by atoms with Crippen LogP contribution >= 0.6 is 0 Å². The number of nitrogens with zero attached hydrogens (tertiary/aromatic N) is 1. The molecular formula is C12H22N2O3. The molecule has 1 atom stereocenters. The summed E-state index contributed by atoms with van der Waals surface area (Å²) in [6.45, 7) is 4.28. The van der Waals surface area contributed by atoms with Crippen molar-refractivity contribution in [1.29, 1.82) is 0 Å². The van der Waals surface area contributed by atoms with Gasteiger partial charge in [-0.1, -0.05) is 20.3 Å². The van der Waals surface area contributed by atoms with E-state index in [1.807, 2.05) is 0 Å². The topological polar surface area (TPSA) is 69.6 Å². The Balaban J connectivity index is 2.42. The van der Waals surface area contributed by atoms with Crippen molar-refractivity contribution in [2.45, 2.75) is 39.2 Å². The Morgan fingerprint density at radius 2 is 2.00 bits per heavy atom. The van der Waals surface area contributed by atoms with Gasteiger partial charge in [-0.15, -0.1) is 0 Å². The van der Waals surface area contributed by atoms with Gasteiger partial charge in [-0.05, 0) is 24.7 Å².